The van der Waals surface area contributed by atoms with E-state index in [1.54, 1.807) is 11.3 Å². The van der Waals surface area contributed by atoms with Crippen LogP contribution in [0.2, 0.25) is 0 Å². The predicted octanol–water partition coefficient (Wildman–Crippen LogP) is 2.98. The van der Waals surface area contributed by atoms with Gasteiger partial charge in [-0.3, -0.25) is 0 Å². The molecule has 4 nitrogen and oxygen atoms in total. The molecule has 5 heteroatoms. The Hall–Kier alpha value is -1.62. The van der Waals surface area contributed by atoms with Crippen molar-refractivity contribution in [3.8, 4) is 5.75 Å². The van der Waals surface area contributed by atoms with E-state index in [1.165, 1.54) is 0 Å². The van der Waals surface area contributed by atoms with Gasteiger partial charge >= 0.3 is 0 Å². The van der Waals surface area contributed by atoms with Gasteiger partial charge in [0.1, 0.15) is 10.8 Å². The zero-order chi connectivity index (χ0) is 12.6. The van der Waals surface area contributed by atoms with Crippen molar-refractivity contribution in [2.45, 2.75) is 19.3 Å². The van der Waals surface area contributed by atoms with Crippen molar-refractivity contribution in [3.05, 3.63) is 35.3 Å². The van der Waals surface area contributed by atoms with Crippen LogP contribution in [0.4, 0.5) is 5.13 Å². The zero-order valence-corrected chi connectivity index (χ0v) is 11.2. The summed E-state index contributed by atoms with van der Waals surface area (Å²) < 4.78 is 5.63. The number of aryl methyl sites for hydroxylation is 1. The van der Waals surface area contributed by atoms with E-state index >= 15 is 0 Å². The lowest BCUT2D eigenvalue weighted by Crippen LogP contribution is -1.98. The van der Waals surface area contributed by atoms with Crippen LogP contribution >= 0.6 is 11.3 Å². The number of hydrogen-bond donors (Lipinski definition) is 1. The normalized spacial score (nSPS) is 10.3. The molecule has 0 unspecified atom stereocenters. The quantitative estimate of drug-likeness (QED) is 0.780. The average molecular weight is 263 g/mol. The van der Waals surface area contributed by atoms with E-state index in [-0.39, 0.29) is 0 Å². The van der Waals surface area contributed by atoms with Gasteiger partial charge in [-0.05, 0) is 25.0 Å². The number of nitrogens with one attached hydrogen (secondary N) is 1. The van der Waals surface area contributed by atoms with Crippen molar-refractivity contribution in [1.29, 1.82) is 0 Å². The smallest absolute Gasteiger partial charge is 0.205 e. The molecule has 0 atom stereocenters. The Balaban J connectivity index is 1.61. The Morgan fingerprint density at radius 2 is 2.00 bits per heavy atom. The minimum atomic E-state index is 0.752. The summed E-state index contributed by atoms with van der Waals surface area (Å²) >= 11 is 1.61. The van der Waals surface area contributed by atoms with Crippen LogP contribution in [-0.2, 0) is 6.42 Å². The van der Waals surface area contributed by atoms with Crippen LogP contribution in [0.5, 0.6) is 5.75 Å². The Bertz CT molecular complexity index is 458. The summed E-state index contributed by atoms with van der Waals surface area (Å²) in [5, 5.41) is 13.1. The number of anilines is 1. The van der Waals surface area contributed by atoms with Gasteiger partial charge < -0.3 is 10.1 Å². The molecule has 0 fully saturated rings. The molecule has 0 radical (unpaired) electrons. The largest absolute Gasteiger partial charge is 0.494 e. The van der Waals surface area contributed by atoms with E-state index in [9.17, 15) is 0 Å². The van der Waals surface area contributed by atoms with Crippen LogP contribution in [0.1, 0.15) is 17.8 Å². The highest BCUT2D eigenvalue weighted by Gasteiger charge is 2.01. The molecule has 0 saturated carbocycles. The summed E-state index contributed by atoms with van der Waals surface area (Å²) in [4.78, 5) is 0. The lowest BCUT2D eigenvalue weighted by molar-refractivity contribution is 0.307. The molecule has 0 saturated heterocycles. The van der Waals surface area contributed by atoms with Crippen LogP contribution in [0, 0.1) is 0 Å². The molecular formula is C13H17N3OS. The van der Waals surface area contributed by atoms with Crippen molar-refractivity contribution < 1.29 is 4.74 Å². The molecule has 0 aliphatic heterocycles. The molecule has 0 aliphatic carbocycles. The van der Waals surface area contributed by atoms with E-state index in [4.69, 9.17) is 4.74 Å². The fourth-order valence-corrected chi connectivity index (χ4v) is 2.28. The number of benzene rings is 1. The minimum absolute atomic E-state index is 0.752. The van der Waals surface area contributed by atoms with Crippen molar-refractivity contribution >= 4 is 16.5 Å². The maximum atomic E-state index is 5.63. The van der Waals surface area contributed by atoms with E-state index < -0.39 is 0 Å². The van der Waals surface area contributed by atoms with Crippen LogP contribution in [0.15, 0.2) is 30.3 Å². The molecule has 0 aliphatic rings. The second-order valence-electron chi connectivity index (χ2n) is 3.87. The van der Waals surface area contributed by atoms with Crippen molar-refractivity contribution in [1.82, 2.24) is 10.2 Å². The van der Waals surface area contributed by atoms with Crippen LogP contribution < -0.4 is 10.1 Å². The number of para-hydroxylation sites is 1. The third-order valence-electron chi connectivity index (χ3n) is 2.48. The fourth-order valence-electron chi connectivity index (χ4n) is 1.54. The van der Waals surface area contributed by atoms with Gasteiger partial charge in [0, 0.05) is 13.5 Å². The third-order valence-corrected chi connectivity index (χ3v) is 3.48. The first-order valence-corrected chi connectivity index (χ1v) is 6.88. The van der Waals surface area contributed by atoms with Crippen LogP contribution in [0.3, 0.4) is 0 Å². The van der Waals surface area contributed by atoms with Gasteiger partial charge in [0.25, 0.3) is 0 Å². The Labute approximate surface area is 111 Å². The highest BCUT2D eigenvalue weighted by Crippen LogP contribution is 2.16. The lowest BCUT2D eigenvalue weighted by atomic mass is 10.2. The molecule has 96 valence electrons. The maximum absolute atomic E-state index is 5.63. The highest BCUT2D eigenvalue weighted by molar-refractivity contribution is 7.15. The molecule has 2 rings (SSSR count). The summed E-state index contributed by atoms with van der Waals surface area (Å²) in [5.74, 6) is 0.936. The third kappa shape index (κ3) is 4.00. The predicted molar refractivity (Wildman–Crippen MR) is 74.3 cm³/mol. The summed E-state index contributed by atoms with van der Waals surface area (Å²) in [6, 6.07) is 9.90. The first kappa shape index (κ1) is 12.8. The SMILES string of the molecule is CNc1nnc(CCCCOc2ccccc2)s1. The van der Waals surface area contributed by atoms with Crippen molar-refractivity contribution in [2.75, 3.05) is 19.0 Å². The molecule has 1 heterocycles. The van der Waals surface area contributed by atoms with Gasteiger partial charge in [0.2, 0.25) is 5.13 Å². The molecule has 1 aromatic carbocycles. The van der Waals surface area contributed by atoms with E-state index in [2.05, 4.69) is 15.5 Å². The van der Waals surface area contributed by atoms with Gasteiger partial charge in [0.05, 0.1) is 6.61 Å². The van der Waals surface area contributed by atoms with Crippen molar-refractivity contribution in [3.63, 3.8) is 0 Å². The monoisotopic (exact) mass is 263 g/mol. The molecule has 1 aromatic heterocycles. The van der Waals surface area contributed by atoms with E-state index in [1.807, 2.05) is 37.4 Å². The van der Waals surface area contributed by atoms with E-state index in [0.29, 0.717) is 0 Å². The fraction of sp³-hybridized carbons (Fsp3) is 0.385. The summed E-state index contributed by atoms with van der Waals surface area (Å²) in [5.41, 5.74) is 0. The van der Waals surface area contributed by atoms with E-state index in [0.717, 1.165) is 41.8 Å². The first-order chi connectivity index (χ1) is 8.88. The van der Waals surface area contributed by atoms with Crippen molar-refractivity contribution in [2.24, 2.45) is 0 Å². The molecule has 0 spiro atoms. The molecule has 0 bridgehead atoms. The molecule has 2 aromatic rings. The Morgan fingerprint density at radius 3 is 2.72 bits per heavy atom. The van der Waals surface area contributed by atoms with Crippen LogP contribution in [0.25, 0.3) is 0 Å². The summed E-state index contributed by atoms with van der Waals surface area (Å²) in [6.45, 7) is 0.752. The van der Waals surface area contributed by atoms with Gasteiger partial charge in [-0.15, -0.1) is 10.2 Å². The number of aromatic nitrogens is 2. The average Bonchev–Trinajstić information content (AvgIpc) is 2.87. The topological polar surface area (TPSA) is 47.0 Å². The first-order valence-electron chi connectivity index (χ1n) is 6.06. The zero-order valence-electron chi connectivity index (χ0n) is 10.4. The van der Waals surface area contributed by atoms with Gasteiger partial charge in [-0.2, -0.15) is 0 Å². The second kappa shape index (κ2) is 6.96. The Kier molecular flexibility index (Phi) is 4.96. The maximum Gasteiger partial charge on any atom is 0.205 e. The van der Waals surface area contributed by atoms with Gasteiger partial charge in [0.15, 0.2) is 0 Å². The number of unbranched alkanes of at least 4 members (excludes halogenated alkanes) is 1. The second-order valence-corrected chi connectivity index (χ2v) is 4.93. The van der Waals surface area contributed by atoms with Crippen LogP contribution in [-0.4, -0.2) is 23.9 Å². The number of nitrogens with zero attached hydrogens (tertiary/aromatic N) is 2. The lowest BCUT2D eigenvalue weighted by Gasteiger charge is -2.04. The molecule has 0 amide bonds. The molecule has 1 N–H and O–H groups in total. The number of rotatable bonds is 7. The standard InChI is InChI=1S/C13H17N3OS/c1-14-13-16-15-12(18-13)9-5-6-10-17-11-7-3-2-4-8-11/h2-4,7-8H,5-6,9-10H2,1H3,(H,14,16). The van der Waals surface area contributed by atoms with Gasteiger partial charge in [-0.25, -0.2) is 0 Å². The number of hydrogen-bond acceptors (Lipinski definition) is 5. The number of ether oxygens (including phenoxy) is 1. The summed E-state index contributed by atoms with van der Waals surface area (Å²) in [7, 11) is 1.86. The van der Waals surface area contributed by atoms with Gasteiger partial charge in [-0.1, -0.05) is 29.5 Å². The Morgan fingerprint density at radius 1 is 1.17 bits per heavy atom. The highest BCUT2D eigenvalue weighted by atomic mass is 32.1. The molecule has 18 heavy (non-hydrogen) atoms. The minimum Gasteiger partial charge on any atom is -0.494 e. The summed E-state index contributed by atoms with van der Waals surface area (Å²) in [6.07, 6.45) is 3.08. The molecular weight excluding hydrogens is 246 g/mol.